The van der Waals surface area contributed by atoms with Gasteiger partial charge in [0.25, 0.3) is 0 Å². The van der Waals surface area contributed by atoms with Crippen molar-refractivity contribution in [2.24, 2.45) is 11.5 Å². The third-order valence-corrected chi connectivity index (χ3v) is 3.96. The zero-order valence-electron chi connectivity index (χ0n) is 10.7. The molecule has 18 heavy (non-hydrogen) atoms. The van der Waals surface area contributed by atoms with Crippen molar-refractivity contribution < 1.29 is 9.59 Å². The molecule has 1 aliphatic heterocycles. The maximum atomic E-state index is 12.0. The van der Waals surface area contributed by atoms with Crippen molar-refractivity contribution in [3.05, 3.63) is 0 Å². The van der Waals surface area contributed by atoms with Crippen LogP contribution in [0.2, 0.25) is 0 Å². The Bertz CT molecular complexity index is 322. The van der Waals surface area contributed by atoms with E-state index in [1.165, 1.54) is 19.3 Å². The molecule has 1 unspecified atom stereocenters. The van der Waals surface area contributed by atoms with Gasteiger partial charge in [-0.2, -0.15) is 0 Å². The van der Waals surface area contributed by atoms with Crippen LogP contribution in [0.25, 0.3) is 0 Å². The number of primary amides is 1. The van der Waals surface area contributed by atoms with Crippen molar-refractivity contribution in [2.45, 2.75) is 37.8 Å². The molecule has 1 aliphatic carbocycles. The highest BCUT2D eigenvalue weighted by molar-refractivity contribution is 5.87. The fraction of sp³-hybridized carbons (Fsp3) is 0.833. The maximum absolute atomic E-state index is 12.0. The summed E-state index contributed by atoms with van der Waals surface area (Å²) in [4.78, 5) is 26.9. The molecule has 102 valence electrons. The first kappa shape index (κ1) is 13.3. The van der Waals surface area contributed by atoms with E-state index in [0.29, 0.717) is 13.1 Å². The van der Waals surface area contributed by atoms with Crippen LogP contribution in [0.5, 0.6) is 0 Å². The summed E-state index contributed by atoms with van der Waals surface area (Å²) >= 11 is 0. The molecule has 0 aromatic carbocycles. The van der Waals surface area contributed by atoms with Gasteiger partial charge in [0.1, 0.15) is 0 Å². The fourth-order valence-corrected chi connectivity index (χ4v) is 2.60. The molecule has 4 N–H and O–H groups in total. The van der Waals surface area contributed by atoms with E-state index in [0.717, 1.165) is 19.1 Å². The number of nitrogens with two attached hydrogens (primary N) is 2. The first-order chi connectivity index (χ1) is 8.58. The van der Waals surface area contributed by atoms with Crippen molar-refractivity contribution >= 4 is 11.8 Å². The van der Waals surface area contributed by atoms with Crippen LogP contribution in [0.4, 0.5) is 0 Å². The van der Waals surface area contributed by atoms with Crippen LogP contribution >= 0.6 is 0 Å². The first-order valence-corrected chi connectivity index (χ1v) is 6.64. The van der Waals surface area contributed by atoms with Crippen molar-refractivity contribution in [2.75, 3.05) is 26.2 Å². The second-order valence-corrected chi connectivity index (χ2v) is 5.22. The van der Waals surface area contributed by atoms with Gasteiger partial charge in [0.15, 0.2) is 0 Å². The van der Waals surface area contributed by atoms with Gasteiger partial charge in [-0.05, 0) is 12.8 Å². The molecule has 1 atom stereocenters. The van der Waals surface area contributed by atoms with Crippen LogP contribution in [-0.2, 0) is 9.59 Å². The SMILES string of the molecule is NC(=O)CC(N)C(=O)N1CCN(C2CCC2)CC1. The summed E-state index contributed by atoms with van der Waals surface area (Å²) in [5, 5.41) is 0. The molecule has 0 radical (unpaired) electrons. The summed E-state index contributed by atoms with van der Waals surface area (Å²) in [6, 6.07) is -0.0562. The molecule has 2 fully saturated rings. The monoisotopic (exact) mass is 254 g/mol. The number of piperazine rings is 1. The van der Waals surface area contributed by atoms with Crippen LogP contribution in [0.3, 0.4) is 0 Å². The Morgan fingerprint density at radius 1 is 1.17 bits per heavy atom. The van der Waals surface area contributed by atoms with E-state index in [1.54, 1.807) is 4.90 Å². The van der Waals surface area contributed by atoms with Crippen LogP contribution in [-0.4, -0.2) is 59.9 Å². The Hall–Kier alpha value is -1.14. The Morgan fingerprint density at radius 2 is 1.78 bits per heavy atom. The fourth-order valence-electron chi connectivity index (χ4n) is 2.60. The summed E-state index contributed by atoms with van der Waals surface area (Å²) in [7, 11) is 0. The summed E-state index contributed by atoms with van der Waals surface area (Å²) < 4.78 is 0. The minimum Gasteiger partial charge on any atom is -0.370 e. The number of carbonyl (C=O) groups excluding carboxylic acids is 2. The van der Waals surface area contributed by atoms with Crippen molar-refractivity contribution in [1.82, 2.24) is 9.80 Å². The quantitative estimate of drug-likeness (QED) is 0.665. The smallest absolute Gasteiger partial charge is 0.240 e. The van der Waals surface area contributed by atoms with Gasteiger partial charge < -0.3 is 16.4 Å². The molecule has 1 saturated heterocycles. The Balaban J connectivity index is 1.77. The number of rotatable bonds is 4. The van der Waals surface area contributed by atoms with Gasteiger partial charge in [0.2, 0.25) is 11.8 Å². The van der Waals surface area contributed by atoms with E-state index in [9.17, 15) is 9.59 Å². The highest BCUT2D eigenvalue weighted by atomic mass is 16.2. The van der Waals surface area contributed by atoms with Gasteiger partial charge in [-0.1, -0.05) is 6.42 Å². The van der Waals surface area contributed by atoms with Crippen LogP contribution in [0.15, 0.2) is 0 Å². The zero-order chi connectivity index (χ0) is 13.1. The van der Waals surface area contributed by atoms with Gasteiger partial charge >= 0.3 is 0 Å². The summed E-state index contributed by atoms with van der Waals surface area (Å²) in [6.45, 7) is 3.25. The number of carbonyl (C=O) groups is 2. The molecule has 2 aliphatic rings. The van der Waals surface area contributed by atoms with E-state index < -0.39 is 11.9 Å². The molecular weight excluding hydrogens is 232 g/mol. The molecule has 1 heterocycles. The average molecular weight is 254 g/mol. The number of hydrogen-bond donors (Lipinski definition) is 2. The summed E-state index contributed by atoms with van der Waals surface area (Å²) in [6.07, 6.45) is 3.83. The molecule has 2 amide bonds. The lowest BCUT2D eigenvalue weighted by Gasteiger charge is -2.43. The van der Waals surface area contributed by atoms with E-state index in [4.69, 9.17) is 11.5 Å². The number of hydrogen-bond acceptors (Lipinski definition) is 4. The number of nitrogens with zero attached hydrogens (tertiary/aromatic N) is 2. The third kappa shape index (κ3) is 3.00. The Labute approximate surface area is 107 Å². The molecule has 1 saturated carbocycles. The van der Waals surface area contributed by atoms with Crippen molar-refractivity contribution in [3.8, 4) is 0 Å². The highest BCUT2D eigenvalue weighted by Crippen LogP contribution is 2.25. The average Bonchev–Trinajstić information content (AvgIpc) is 2.26. The summed E-state index contributed by atoms with van der Waals surface area (Å²) in [5.41, 5.74) is 10.7. The van der Waals surface area contributed by atoms with Crippen LogP contribution in [0.1, 0.15) is 25.7 Å². The van der Waals surface area contributed by atoms with E-state index in [2.05, 4.69) is 4.90 Å². The normalized spacial score (nSPS) is 23.5. The minimum absolute atomic E-state index is 0.0678. The molecule has 0 bridgehead atoms. The third-order valence-electron chi connectivity index (χ3n) is 3.96. The first-order valence-electron chi connectivity index (χ1n) is 6.64. The predicted octanol–water partition coefficient (Wildman–Crippen LogP) is -1.11. The zero-order valence-corrected chi connectivity index (χ0v) is 10.7. The van der Waals surface area contributed by atoms with Gasteiger partial charge in [-0.15, -0.1) is 0 Å². The van der Waals surface area contributed by atoms with Crippen LogP contribution in [0, 0.1) is 0 Å². The van der Waals surface area contributed by atoms with Gasteiger partial charge in [0, 0.05) is 32.2 Å². The molecule has 6 nitrogen and oxygen atoms in total. The molecule has 0 aromatic rings. The topological polar surface area (TPSA) is 92.7 Å². The molecule has 0 spiro atoms. The second kappa shape index (κ2) is 5.67. The van der Waals surface area contributed by atoms with Gasteiger partial charge in [-0.3, -0.25) is 14.5 Å². The van der Waals surface area contributed by atoms with E-state index in [-0.39, 0.29) is 12.3 Å². The maximum Gasteiger partial charge on any atom is 0.240 e. The Morgan fingerprint density at radius 3 is 2.22 bits per heavy atom. The Kier molecular flexibility index (Phi) is 4.19. The van der Waals surface area contributed by atoms with Crippen molar-refractivity contribution in [3.63, 3.8) is 0 Å². The van der Waals surface area contributed by atoms with Crippen LogP contribution < -0.4 is 11.5 Å². The predicted molar refractivity (Wildman–Crippen MR) is 67.6 cm³/mol. The number of amides is 2. The largest absolute Gasteiger partial charge is 0.370 e. The lowest BCUT2D eigenvalue weighted by Crippen LogP contribution is -2.56. The lowest BCUT2D eigenvalue weighted by molar-refractivity contribution is -0.136. The van der Waals surface area contributed by atoms with Crippen molar-refractivity contribution in [1.29, 1.82) is 0 Å². The standard InChI is InChI=1S/C12H22N4O2/c13-10(8-11(14)17)12(18)16-6-4-15(5-7-16)9-2-1-3-9/h9-10H,1-8,13H2,(H2,14,17). The molecular formula is C12H22N4O2. The minimum atomic E-state index is -0.780. The highest BCUT2D eigenvalue weighted by Gasteiger charge is 2.30. The molecule has 0 aromatic heterocycles. The van der Waals surface area contributed by atoms with E-state index >= 15 is 0 Å². The van der Waals surface area contributed by atoms with Gasteiger partial charge in [0.05, 0.1) is 12.5 Å². The lowest BCUT2D eigenvalue weighted by atomic mass is 9.91. The molecule has 2 rings (SSSR count). The second-order valence-electron chi connectivity index (χ2n) is 5.22. The summed E-state index contributed by atoms with van der Waals surface area (Å²) in [5.74, 6) is -0.675. The van der Waals surface area contributed by atoms with E-state index in [1.807, 2.05) is 0 Å². The van der Waals surface area contributed by atoms with Gasteiger partial charge in [-0.25, -0.2) is 0 Å². The molecule has 6 heteroatoms.